The molecule has 5 heteroatoms. The van der Waals surface area contributed by atoms with E-state index < -0.39 is 18.0 Å². The molecule has 0 heterocycles. The van der Waals surface area contributed by atoms with Gasteiger partial charge in [-0.1, -0.05) is 36.3 Å². The van der Waals surface area contributed by atoms with Crippen LogP contribution in [-0.2, 0) is 11.2 Å². The van der Waals surface area contributed by atoms with Crippen LogP contribution in [-0.4, -0.2) is 41.1 Å². The Kier molecular flexibility index (Phi) is 6.82. The lowest BCUT2D eigenvalue weighted by Gasteiger charge is -2.22. The van der Waals surface area contributed by atoms with Gasteiger partial charge in [0, 0.05) is 6.54 Å². The van der Waals surface area contributed by atoms with E-state index in [4.69, 9.17) is 6.42 Å². The van der Waals surface area contributed by atoms with E-state index >= 15 is 0 Å². The zero-order chi connectivity index (χ0) is 15.7. The Labute approximate surface area is 125 Å². The highest BCUT2D eigenvalue weighted by Crippen LogP contribution is 2.06. The molecule has 112 valence electrons. The largest absolute Gasteiger partial charge is 0.480 e. The van der Waals surface area contributed by atoms with Crippen molar-refractivity contribution in [3.05, 3.63) is 35.9 Å². The number of terminal acetylenes is 1. The van der Waals surface area contributed by atoms with Gasteiger partial charge in [0.1, 0.15) is 6.04 Å². The lowest BCUT2D eigenvalue weighted by molar-refractivity contribution is -0.139. The minimum Gasteiger partial charge on any atom is -0.480 e. The van der Waals surface area contributed by atoms with Gasteiger partial charge < -0.3 is 15.3 Å². The molecular weight excluding hydrogens is 268 g/mol. The molecule has 2 N–H and O–H groups in total. The summed E-state index contributed by atoms with van der Waals surface area (Å²) in [7, 11) is 0. The molecule has 1 atom stereocenters. The summed E-state index contributed by atoms with van der Waals surface area (Å²) in [6.45, 7) is 2.38. The van der Waals surface area contributed by atoms with Crippen LogP contribution in [0, 0.1) is 12.3 Å². The predicted octanol–water partition coefficient (Wildman–Crippen LogP) is 1.74. The Bertz CT molecular complexity index is 508. The van der Waals surface area contributed by atoms with Crippen molar-refractivity contribution in [2.75, 3.05) is 13.1 Å². The van der Waals surface area contributed by atoms with E-state index in [-0.39, 0.29) is 6.54 Å². The van der Waals surface area contributed by atoms with E-state index in [2.05, 4.69) is 11.2 Å². The van der Waals surface area contributed by atoms with Crippen molar-refractivity contribution in [3.8, 4) is 12.3 Å². The zero-order valence-corrected chi connectivity index (χ0v) is 12.1. The number of hydrogen-bond donors (Lipinski definition) is 2. The molecule has 0 aromatic heterocycles. The molecule has 0 saturated heterocycles. The van der Waals surface area contributed by atoms with Gasteiger partial charge in [-0.3, -0.25) is 0 Å². The van der Waals surface area contributed by atoms with Crippen molar-refractivity contribution in [1.29, 1.82) is 0 Å². The monoisotopic (exact) mass is 288 g/mol. The molecule has 5 nitrogen and oxygen atoms in total. The van der Waals surface area contributed by atoms with Gasteiger partial charge in [0.2, 0.25) is 0 Å². The first-order valence-corrected chi connectivity index (χ1v) is 6.84. The number of urea groups is 1. The van der Waals surface area contributed by atoms with E-state index in [1.54, 1.807) is 6.92 Å². The molecule has 0 radical (unpaired) electrons. The predicted molar refractivity (Wildman–Crippen MR) is 80.8 cm³/mol. The van der Waals surface area contributed by atoms with E-state index in [9.17, 15) is 14.7 Å². The van der Waals surface area contributed by atoms with Crippen molar-refractivity contribution in [2.24, 2.45) is 0 Å². The van der Waals surface area contributed by atoms with Crippen molar-refractivity contribution in [3.63, 3.8) is 0 Å². The highest BCUT2D eigenvalue weighted by Gasteiger charge is 2.22. The summed E-state index contributed by atoms with van der Waals surface area (Å²) >= 11 is 0. The number of carboxylic acid groups (broad SMARTS) is 1. The third-order valence-electron chi connectivity index (χ3n) is 3.11. The van der Waals surface area contributed by atoms with E-state index in [0.717, 1.165) is 5.56 Å². The van der Waals surface area contributed by atoms with Gasteiger partial charge in [0.05, 0.1) is 6.54 Å². The number of carbonyl (C=O) groups is 2. The number of carbonyl (C=O) groups excluding carboxylic acids is 1. The Morgan fingerprint density at radius 2 is 2.05 bits per heavy atom. The van der Waals surface area contributed by atoms with Crippen molar-refractivity contribution < 1.29 is 14.7 Å². The second kappa shape index (κ2) is 8.64. The fraction of sp³-hybridized carbons (Fsp3) is 0.375. The third kappa shape index (κ3) is 5.57. The molecule has 0 unspecified atom stereocenters. The molecule has 0 spiro atoms. The molecule has 1 aromatic rings. The summed E-state index contributed by atoms with van der Waals surface area (Å²) in [6.07, 6.45) is 6.09. The van der Waals surface area contributed by atoms with Crippen LogP contribution in [0.2, 0.25) is 0 Å². The standard InChI is InChI=1S/C16H20N2O3/c1-3-12-18(4-2)16(21)17-14(15(19)20)11-10-13-8-6-5-7-9-13/h1,5-9,14H,4,10-12H2,2H3,(H,17,21)(H,19,20)/t14-/m0/s1. The summed E-state index contributed by atoms with van der Waals surface area (Å²) in [5.41, 5.74) is 1.04. The van der Waals surface area contributed by atoms with Crippen LogP contribution >= 0.6 is 0 Å². The molecule has 1 rings (SSSR count). The van der Waals surface area contributed by atoms with Gasteiger partial charge >= 0.3 is 12.0 Å². The van der Waals surface area contributed by atoms with Crippen molar-refractivity contribution >= 4 is 12.0 Å². The number of benzene rings is 1. The number of nitrogens with zero attached hydrogens (tertiary/aromatic N) is 1. The van der Waals surface area contributed by atoms with Gasteiger partial charge in [-0.2, -0.15) is 0 Å². The summed E-state index contributed by atoms with van der Waals surface area (Å²) in [6, 6.07) is 8.18. The highest BCUT2D eigenvalue weighted by atomic mass is 16.4. The number of nitrogens with one attached hydrogen (secondary N) is 1. The summed E-state index contributed by atoms with van der Waals surface area (Å²) < 4.78 is 0. The number of rotatable bonds is 7. The normalized spacial score (nSPS) is 11.2. The second-order valence-electron chi connectivity index (χ2n) is 4.58. The molecule has 0 fully saturated rings. The first-order valence-electron chi connectivity index (χ1n) is 6.84. The maximum absolute atomic E-state index is 11.9. The SMILES string of the molecule is C#CCN(CC)C(=O)N[C@@H](CCc1ccccc1)C(=O)O. The Morgan fingerprint density at radius 1 is 1.38 bits per heavy atom. The van der Waals surface area contributed by atoms with Crippen LogP contribution in [0.3, 0.4) is 0 Å². The fourth-order valence-corrected chi connectivity index (χ4v) is 1.89. The van der Waals surface area contributed by atoms with Gasteiger partial charge in [0.25, 0.3) is 0 Å². The summed E-state index contributed by atoms with van der Waals surface area (Å²) in [5, 5.41) is 11.7. The average Bonchev–Trinajstić information content (AvgIpc) is 2.49. The Morgan fingerprint density at radius 3 is 2.57 bits per heavy atom. The highest BCUT2D eigenvalue weighted by molar-refractivity contribution is 5.82. The van der Waals surface area contributed by atoms with Crippen molar-refractivity contribution in [2.45, 2.75) is 25.8 Å². The number of amides is 2. The molecule has 1 aromatic carbocycles. The van der Waals surface area contributed by atoms with Crippen LogP contribution < -0.4 is 5.32 Å². The maximum Gasteiger partial charge on any atom is 0.326 e. The average molecular weight is 288 g/mol. The minimum atomic E-state index is -1.05. The molecule has 0 saturated carbocycles. The quantitative estimate of drug-likeness (QED) is 0.751. The van der Waals surface area contributed by atoms with Crippen molar-refractivity contribution in [1.82, 2.24) is 10.2 Å². The first kappa shape index (κ1) is 16.6. The van der Waals surface area contributed by atoms with Gasteiger partial charge in [-0.25, -0.2) is 9.59 Å². The molecule has 2 amide bonds. The minimum absolute atomic E-state index is 0.160. The molecule has 0 aliphatic heterocycles. The Hall–Kier alpha value is -2.48. The number of hydrogen-bond acceptors (Lipinski definition) is 2. The van der Waals surface area contributed by atoms with E-state index in [1.807, 2.05) is 30.3 Å². The Balaban J connectivity index is 2.59. The molecule has 0 aliphatic carbocycles. The van der Waals surface area contributed by atoms with Crippen LogP contribution in [0.4, 0.5) is 4.79 Å². The second-order valence-corrected chi connectivity index (χ2v) is 4.58. The third-order valence-corrected chi connectivity index (χ3v) is 3.11. The summed E-state index contributed by atoms with van der Waals surface area (Å²) in [5.74, 6) is 1.33. The van der Waals surface area contributed by atoms with E-state index in [0.29, 0.717) is 19.4 Å². The molecule has 0 aliphatic rings. The zero-order valence-electron chi connectivity index (χ0n) is 12.1. The maximum atomic E-state index is 11.9. The first-order chi connectivity index (χ1) is 10.1. The molecule has 21 heavy (non-hydrogen) atoms. The number of carboxylic acids is 1. The van der Waals surface area contributed by atoms with Crippen LogP contribution in [0.1, 0.15) is 18.9 Å². The van der Waals surface area contributed by atoms with Gasteiger partial charge in [0.15, 0.2) is 0 Å². The number of aryl methyl sites for hydroxylation is 1. The molecule has 0 bridgehead atoms. The smallest absolute Gasteiger partial charge is 0.326 e. The van der Waals surface area contributed by atoms with Gasteiger partial charge in [-0.15, -0.1) is 6.42 Å². The van der Waals surface area contributed by atoms with Crippen LogP contribution in [0.25, 0.3) is 0 Å². The van der Waals surface area contributed by atoms with Gasteiger partial charge in [-0.05, 0) is 25.3 Å². The lowest BCUT2D eigenvalue weighted by Crippen LogP contribution is -2.48. The lowest BCUT2D eigenvalue weighted by atomic mass is 10.1. The van der Waals surface area contributed by atoms with E-state index in [1.165, 1.54) is 4.90 Å². The molecular formula is C16H20N2O3. The van der Waals surface area contributed by atoms with Crippen LogP contribution in [0.15, 0.2) is 30.3 Å². The van der Waals surface area contributed by atoms with Crippen LogP contribution in [0.5, 0.6) is 0 Å². The fourth-order valence-electron chi connectivity index (χ4n) is 1.89. The summed E-state index contributed by atoms with van der Waals surface area (Å²) in [4.78, 5) is 24.6. The topological polar surface area (TPSA) is 69.6 Å². The number of aliphatic carboxylic acids is 1.